The van der Waals surface area contributed by atoms with Crippen molar-refractivity contribution in [1.82, 2.24) is 5.32 Å². The number of allylic oxidation sites excluding steroid dienone is 7. The van der Waals surface area contributed by atoms with Crippen LogP contribution in [0.25, 0.3) is 0 Å². The lowest BCUT2D eigenvalue weighted by molar-refractivity contribution is -0.130. The predicted molar refractivity (Wildman–Crippen MR) is 222 cm³/mol. The van der Waals surface area contributed by atoms with Crippen molar-refractivity contribution >= 4 is 16.0 Å². The first-order valence-electron chi connectivity index (χ1n) is 21.4. The van der Waals surface area contributed by atoms with Gasteiger partial charge in [0, 0.05) is 0 Å². The fourth-order valence-corrected chi connectivity index (χ4v) is 6.98. The van der Waals surface area contributed by atoms with Crippen molar-refractivity contribution in [2.24, 2.45) is 0 Å². The van der Waals surface area contributed by atoms with E-state index in [0.29, 0.717) is 12.8 Å². The third-order valence-electron chi connectivity index (χ3n) is 9.56. The molecule has 0 heterocycles. The first-order valence-corrected chi connectivity index (χ1v) is 23.1. The highest BCUT2D eigenvalue weighted by atomic mass is 32.2. The number of carbonyl (C=O) groups excluding carboxylic acids is 1. The summed E-state index contributed by atoms with van der Waals surface area (Å²) in [6, 6.07) is -1.26. The van der Waals surface area contributed by atoms with Gasteiger partial charge >= 0.3 is 0 Å². The number of rotatable bonds is 38. The summed E-state index contributed by atoms with van der Waals surface area (Å²) in [7, 11) is -4.46. The zero-order valence-corrected chi connectivity index (χ0v) is 34.4. The van der Waals surface area contributed by atoms with Crippen LogP contribution in [0.2, 0.25) is 0 Å². The van der Waals surface area contributed by atoms with Gasteiger partial charge in [0.15, 0.2) is 0 Å². The average molecular weight is 752 g/mol. The number of aliphatic hydroxyl groups excluding tert-OH is 2. The van der Waals surface area contributed by atoms with Gasteiger partial charge in [-0.05, 0) is 70.6 Å². The summed E-state index contributed by atoms with van der Waals surface area (Å²) in [5, 5.41) is 23.4. The molecule has 0 aromatic carbocycles. The number of hydrogen-bond donors (Lipinski definition) is 4. The van der Waals surface area contributed by atoms with Gasteiger partial charge in [-0.3, -0.25) is 9.35 Å². The summed E-state index contributed by atoms with van der Waals surface area (Å²) < 4.78 is 32.5. The van der Waals surface area contributed by atoms with Crippen LogP contribution in [0, 0.1) is 0 Å². The van der Waals surface area contributed by atoms with Crippen LogP contribution in [0.1, 0.15) is 200 Å². The van der Waals surface area contributed by atoms with Gasteiger partial charge in [0.05, 0.1) is 17.9 Å². The monoisotopic (exact) mass is 752 g/mol. The fourth-order valence-electron chi connectivity index (χ4n) is 6.25. The van der Waals surface area contributed by atoms with Crippen LogP contribution in [0.4, 0.5) is 0 Å². The summed E-state index contributed by atoms with van der Waals surface area (Å²) in [5.41, 5.74) is 0. The van der Waals surface area contributed by atoms with Gasteiger partial charge in [0.2, 0.25) is 5.91 Å². The molecule has 52 heavy (non-hydrogen) atoms. The molecular weight excluding hydrogens is 671 g/mol. The van der Waals surface area contributed by atoms with E-state index in [9.17, 15) is 28.0 Å². The molecule has 1 amide bonds. The van der Waals surface area contributed by atoms with E-state index in [1.165, 1.54) is 122 Å². The zero-order chi connectivity index (χ0) is 38.4. The SMILES string of the molecule is CCCCCC/C=C\CCCCCCCCC(O)C(=O)NC(CS(=O)(=O)O)C(O)/C=C/CC/C=C/CC/C=C/CCCCCCCCCCCCC. The van der Waals surface area contributed by atoms with Gasteiger partial charge in [-0.25, -0.2) is 0 Å². The molecule has 0 aliphatic carbocycles. The Morgan fingerprint density at radius 2 is 0.865 bits per heavy atom. The highest BCUT2D eigenvalue weighted by Crippen LogP contribution is 2.14. The summed E-state index contributed by atoms with van der Waals surface area (Å²) in [4.78, 5) is 12.6. The number of amides is 1. The standard InChI is InChI=1S/C44H81NO6S/c1-3-5-7-9-11-13-15-17-19-20-21-22-23-24-25-27-28-30-32-34-36-38-42(46)41(40-52(49,50)51)45-44(48)43(47)39-37-35-33-31-29-26-18-16-14-12-10-8-6-4-2/h14,16,23-24,28,30,36,38,41-43,46-47H,3-13,15,17-22,25-27,29,31-35,37,39-40H2,1-2H3,(H,45,48)(H,49,50,51)/b16-14-,24-23+,30-28+,38-36+. The molecule has 7 nitrogen and oxygen atoms in total. The Labute approximate surface area is 321 Å². The molecule has 3 atom stereocenters. The molecule has 8 heteroatoms. The molecule has 0 saturated carbocycles. The van der Waals surface area contributed by atoms with Crippen molar-refractivity contribution in [1.29, 1.82) is 0 Å². The second kappa shape index (κ2) is 37.6. The van der Waals surface area contributed by atoms with E-state index in [4.69, 9.17) is 0 Å². The van der Waals surface area contributed by atoms with E-state index in [1.54, 1.807) is 6.08 Å². The van der Waals surface area contributed by atoms with E-state index < -0.39 is 40.0 Å². The molecule has 3 unspecified atom stereocenters. The Kier molecular flexibility index (Phi) is 36.3. The summed E-state index contributed by atoms with van der Waals surface area (Å²) >= 11 is 0. The second-order valence-corrected chi connectivity index (χ2v) is 16.2. The highest BCUT2D eigenvalue weighted by molar-refractivity contribution is 7.85. The Morgan fingerprint density at radius 3 is 1.29 bits per heavy atom. The van der Waals surface area contributed by atoms with Crippen LogP contribution in [0.3, 0.4) is 0 Å². The largest absolute Gasteiger partial charge is 0.387 e. The quantitative estimate of drug-likeness (QED) is 0.0283. The average Bonchev–Trinajstić information content (AvgIpc) is 3.11. The molecule has 0 bridgehead atoms. The van der Waals surface area contributed by atoms with Crippen LogP contribution < -0.4 is 5.32 Å². The fraction of sp³-hybridized carbons (Fsp3) is 0.795. The maximum atomic E-state index is 12.6. The van der Waals surface area contributed by atoms with Gasteiger partial charge in [-0.1, -0.05) is 178 Å². The number of unbranched alkanes of at least 4 members (excludes halogenated alkanes) is 23. The van der Waals surface area contributed by atoms with Crippen molar-refractivity contribution in [3.63, 3.8) is 0 Å². The number of nitrogens with one attached hydrogen (secondary N) is 1. The summed E-state index contributed by atoms with van der Waals surface area (Å²) in [5.74, 6) is -1.57. The molecule has 304 valence electrons. The minimum atomic E-state index is -4.46. The third-order valence-corrected chi connectivity index (χ3v) is 10.3. The molecule has 0 saturated heterocycles. The Hall–Kier alpha value is -1.74. The molecule has 0 rings (SSSR count). The van der Waals surface area contributed by atoms with Crippen molar-refractivity contribution in [2.45, 2.75) is 218 Å². The normalized spacial score (nSPS) is 14.3. The lowest BCUT2D eigenvalue weighted by Crippen LogP contribution is -2.50. The first kappa shape index (κ1) is 50.3. The van der Waals surface area contributed by atoms with Crippen LogP contribution in [-0.2, 0) is 14.9 Å². The van der Waals surface area contributed by atoms with Crippen LogP contribution in [-0.4, -0.2) is 53.1 Å². The molecule has 4 N–H and O–H groups in total. The number of hydrogen-bond acceptors (Lipinski definition) is 5. The molecular formula is C44H81NO6S. The Balaban J connectivity index is 4.10. The molecule has 0 radical (unpaired) electrons. The minimum absolute atomic E-state index is 0.263. The second-order valence-electron chi connectivity index (χ2n) is 14.7. The first-order chi connectivity index (χ1) is 25.2. The predicted octanol–water partition coefficient (Wildman–Crippen LogP) is 11.7. The maximum Gasteiger partial charge on any atom is 0.267 e. The minimum Gasteiger partial charge on any atom is -0.387 e. The van der Waals surface area contributed by atoms with Crippen molar-refractivity contribution in [3.8, 4) is 0 Å². The topological polar surface area (TPSA) is 124 Å². The van der Waals surface area contributed by atoms with E-state index >= 15 is 0 Å². The molecule has 0 aromatic heterocycles. The van der Waals surface area contributed by atoms with Crippen molar-refractivity contribution in [2.75, 3.05) is 5.75 Å². The summed E-state index contributed by atoms with van der Waals surface area (Å²) in [6.45, 7) is 4.50. The van der Waals surface area contributed by atoms with Gasteiger partial charge in [0.25, 0.3) is 10.1 Å². The highest BCUT2D eigenvalue weighted by Gasteiger charge is 2.27. The van der Waals surface area contributed by atoms with E-state index in [1.807, 2.05) is 0 Å². The Morgan fingerprint density at radius 1 is 0.519 bits per heavy atom. The van der Waals surface area contributed by atoms with Crippen molar-refractivity contribution in [3.05, 3.63) is 48.6 Å². The van der Waals surface area contributed by atoms with Crippen LogP contribution in [0.15, 0.2) is 48.6 Å². The maximum absolute atomic E-state index is 12.6. The van der Waals surface area contributed by atoms with Crippen LogP contribution >= 0.6 is 0 Å². The van der Waals surface area contributed by atoms with E-state index in [-0.39, 0.29) is 6.42 Å². The molecule has 0 aromatic rings. The smallest absolute Gasteiger partial charge is 0.267 e. The lowest BCUT2D eigenvalue weighted by atomic mass is 10.0. The lowest BCUT2D eigenvalue weighted by Gasteiger charge is -2.22. The van der Waals surface area contributed by atoms with Gasteiger partial charge in [-0.15, -0.1) is 0 Å². The van der Waals surface area contributed by atoms with Gasteiger partial charge < -0.3 is 15.5 Å². The van der Waals surface area contributed by atoms with Gasteiger partial charge in [0.1, 0.15) is 6.10 Å². The van der Waals surface area contributed by atoms with Crippen LogP contribution in [0.5, 0.6) is 0 Å². The molecule has 0 fully saturated rings. The third kappa shape index (κ3) is 36.6. The summed E-state index contributed by atoms with van der Waals surface area (Å²) in [6.07, 6.45) is 47.4. The Bertz CT molecular complexity index is 1020. The number of carbonyl (C=O) groups is 1. The molecule has 0 aliphatic rings. The van der Waals surface area contributed by atoms with Crippen molar-refractivity contribution < 1.29 is 28.0 Å². The number of aliphatic hydroxyl groups is 2. The zero-order valence-electron chi connectivity index (χ0n) is 33.5. The molecule has 0 spiro atoms. The molecule has 0 aliphatic heterocycles. The van der Waals surface area contributed by atoms with E-state index in [2.05, 4.69) is 55.6 Å². The van der Waals surface area contributed by atoms with Gasteiger partial charge in [-0.2, -0.15) is 8.42 Å². The van der Waals surface area contributed by atoms with E-state index in [0.717, 1.165) is 51.4 Å².